The maximum Gasteiger partial charge on any atom is 0.225 e. The van der Waals surface area contributed by atoms with E-state index in [0.717, 1.165) is 0 Å². The van der Waals surface area contributed by atoms with Crippen LogP contribution < -0.4 is 10.6 Å². The average molecular weight is 250 g/mol. The maximum absolute atomic E-state index is 12.0. The van der Waals surface area contributed by atoms with E-state index >= 15 is 0 Å². The van der Waals surface area contributed by atoms with Crippen molar-refractivity contribution in [3.63, 3.8) is 0 Å². The van der Waals surface area contributed by atoms with Gasteiger partial charge in [0.2, 0.25) is 11.8 Å². The summed E-state index contributed by atoms with van der Waals surface area (Å²) in [7, 11) is 0. The van der Waals surface area contributed by atoms with E-state index in [-0.39, 0.29) is 23.8 Å². The van der Waals surface area contributed by atoms with Crippen molar-refractivity contribution in [1.29, 1.82) is 0 Å². The molecule has 6 nitrogen and oxygen atoms in total. The first-order valence-corrected chi connectivity index (χ1v) is 6.19. The second kappa shape index (κ2) is 5.66. The van der Waals surface area contributed by atoms with E-state index < -0.39 is 0 Å². The molecular formula is C12H18N4O2. The van der Waals surface area contributed by atoms with E-state index in [9.17, 15) is 9.59 Å². The first-order valence-electron chi connectivity index (χ1n) is 6.19. The second-order valence-electron chi connectivity index (χ2n) is 4.68. The third-order valence-corrected chi connectivity index (χ3v) is 3.05. The molecule has 0 unspecified atom stereocenters. The highest BCUT2D eigenvalue weighted by Crippen LogP contribution is 2.11. The van der Waals surface area contributed by atoms with Crippen LogP contribution in [0.3, 0.4) is 0 Å². The van der Waals surface area contributed by atoms with Gasteiger partial charge in [0.15, 0.2) is 0 Å². The summed E-state index contributed by atoms with van der Waals surface area (Å²) in [5.74, 6) is -0.0685. The van der Waals surface area contributed by atoms with Crippen LogP contribution in [0.1, 0.15) is 19.8 Å². The second-order valence-corrected chi connectivity index (χ2v) is 4.68. The number of rotatable bonds is 4. The fourth-order valence-electron chi connectivity index (χ4n) is 2.05. The minimum Gasteiger partial charge on any atom is -0.355 e. The van der Waals surface area contributed by atoms with E-state index in [1.165, 1.54) is 0 Å². The number of piperidine rings is 1. The molecule has 1 saturated heterocycles. The summed E-state index contributed by atoms with van der Waals surface area (Å²) in [6.45, 7) is 3.04. The molecular weight excluding hydrogens is 232 g/mol. The van der Waals surface area contributed by atoms with Gasteiger partial charge >= 0.3 is 0 Å². The predicted molar refractivity (Wildman–Crippen MR) is 65.6 cm³/mol. The Morgan fingerprint density at radius 3 is 3.17 bits per heavy atom. The molecule has 1 aliphatic heterocycles. The van der Waals surface area contributed by atoms with Crippen LogP contribution in [0.15, 0.2) is 18.5 Å². The summed E-state index contributed by atoms with van der Waals surface area (Å²) in [5.41, 5.74) is 0. The number of hydrogen-bond donors (Lipinski definition) is 2. The van der Waals surface area contributed by atoms with Crippen LogP contribution in [-0.2, 0) is 16.1 Å². The van der Waals surface area contributed by atoms with Crippen molar-refractivity contribution < 1.29 is 9.59 Å². The van der Waals surface area contributed by atoms with E-state index in [4.69, 9.17) is 0 Å². The minimum atomic E-state index is -0.109. The Morgan fingerprint density at radius 2 is 2.56 bits per heavy atom. The highest BCUT2D eigenvalue weighted by Gasteiger charge is 2.25. The molecule has 1 aromatic heterocycles. The monoisotopic (exact) mass is 250 g/mol. The number of nitrogens with zero attached hydrogens (tertiary/aromatic N) is 2. The van der Waals surface area contributed by atoms with Gasteiger partial charge in [-0.1, -0.05) is 0 Å². The third-order valence-electron chi connectivity index (χ3n) is 3.05. The van der Waals surface area contributed by atoms with Crippen LogP contribution in [0.2, 0.25) is 0 Å². The standard InChI is InChI=1S/C12H18N4O2/c1-9(8-16-6-2-5-14-16)15-12(18)10-3-4-11(17)13-7-10/h2,5-6,9-10H,3-4,7-8H2,1H3,(H,13,17)(H,15,18)/t9-,10-/m1/s1. The number of hydrogen-bond acceptors (Lipinski definition) is 3. The van der Waals surface area contributed by atoms with Crippen LogP contribution in [0.4, 0.5) is 0 Å². The van der Waals surface area contributed by atoms with Gasteiger partial charge in [0, 0.05) is 31.4 Å². The van der Waals surface area contributed by atoms with Crippen LogP contribution >= 0.6 is 0 Å². The van der Waals surface area contributed by atoms with Gasteiger partial charge in [0.1, 0.15) is 0 Å². The molecule has 1 aliphatic rings. The Kier molecular flexibility index (Phi) is 3.96. The van der Waals surface area contributed by atoms with Gasteiger partial charge in [0.25, 0.3) is 0 Å². The Morgan fingerprint density at radius 1 is 1.72 bits per heavy atom. The van der Waals surface area contributed by atoms with Crippen LogP contribution in [0, 0.1) is 5.92 Å². The number of carbonyl (C=O) groups is 2. The number of nitrogens with one attached hydrogen (secondary N) is 2. The Balaban J connectivity index is 1.78. The van der Waals surface area contributed by atoms with Gasteiger partial charge in [0.05, 0.1) is 12.5 Å². The van der Waals surface area contributed by atoms with E-state index in [0.29, 0.717) is 25.9 Å². The average Bonchev–Trinajstić information content (AvgIpc) is 2.82. The quantitative estimate of drug-likeness (QED) is 0.784. The SMILES string of the molecule is C[C@H](Cn1cccn1)NC(=O)[C@@H]1CCC(=O)NC1. The van der Waals surface area contributed by atoms with Gasteiger partial charge < -0.3 is 10.6 Å². The fraction of sp³-hybridized carbons (Fsp3) is 0.583. The van der Waals surface area contributed by atoms with Crippen LogP contribution in [-0.4, -0.2) is 34.2 Å². The van der Waals surface area contributed by atoms with Gasteiger partial charge in [-0.15, -0.1) is 0 Å². The lowest BCUT2D eigenvalue weighted by molar-refractivity contribution is -0.129. The summed E-state index contributed by atoms with van der Waals surface area (Å²) in [5, 5.41) is 9.76. The van der Waals surface area contributed by atoms with Crippen molar-refractivity contribution >= 4 is 11.8 Å². The smallest absolute Gasteiger partial charge is 0.225 e. The molecule has 0 aliphatic carbocycles. The highest BCUT2D eigenvalue weighted by atomic mass is 16.2. The molecule has 2 heterocycles. The van der Waals surface area contributed by atoms with Gasteiger partial charge in [-0.2, -0.15) is 5.10 Å². The zero-order valence-electron chi connectivity index (χ0n) is 10.4. The third kappa shape index (κ3) is 3.32. The molecule has 2 N–H and O–H groups in total. The summed E-state index contributed by atoms with van der Waals surface area (Å²) in [6.07, 6.45) is 4.65. The first-order chi connectivity index (χ1) is 8.65. The van der Waals surface area contributed by atoms with Crippen molar-refractivity contribution in [3.8, 4) is 0 Å². The molecule has 0 bridgehead atoms. The number of amides is 2. The van der Waals surface area contributed by atoms with Crippen molar-refractivity contribution in [3.05, 3.63) is 18.5 Å². The lowest BCUT2D eigenvalue weighted by atomic mass is 9.98. The molecule has 1 fully saturated rings. The minimum absolute atomic E-state index is 0.00894. The molecule has 0 spiro atoms. The molecule has 1 aromatic rings. The molecule has 2 atom stereocenters. The molecule has 18 heavy (non-hydrogen) atoms. The van der Waals surface area contributed by atoms with Crippen molar-refractivity contribution in [2.45, 2.75) is 32.4 Å². The summed E-state index contributed by atoms with van der Waals surface area (Å²) < 4.78 is 1.79. The van der Waals surface area contributed by atoms with E-state index in [1.54, 1.807) is 10.9 Å². The Hall–Kier alpha value is -1.85. The molecule has 0 saturated carbocycles. The van der Waals surface area contributed by atoms with E-state index in [2.05, 4.69) is 15.7 Å². The van der Waals surface area contributed by atoms with Gasteiger partial charge in [-0.25, -0.2) is 0 Å². The zero-order chi connectivity index (χ0) is 13.0. The summed E-state index contributed by atoms with van der Waals surface area (Å²) in [6, 6.07) is 1.88. The van der Waals surface area contributed by atoms with Crippen LogP contribution in [0.25, 0.3) is 0 Å². The van der Waals surface area contributed by atoms with Gasteiger partial charge in [-0.05, 0) is 19.4 Å². The van der Waals surface area contributed by atoms with Crippen molar-refractivity contribution in [2.24, 2.45) is 5.92 Å². The molecule has 2 amide bonds. The molecule has 98 valence electrons. The van der Waals surface area contributed by atoms with Gasteiger partial charge in [-0.3, -0.25) is 14.3 Å². The Bertz CT molecular complexity index is 406. The van der Waals surface area contributed by atoms with Crippen LogP contribution in [0.5, 0.6) is 0 Å². The lowest BCUT2D eigenvalue weighted by Crippen LogP contribution is -2.46. The fourth-order valence-corrected chi connectivity index (χ4v) is 2.05. The van der Waals surface area contributed by atoms with E-state index in [1.807, 2.05) is 19.2 Å². The van der Waals surface area contributed by atoms with Crippen molar-refractivity contribution in [2.75, 3.05) is 6.54 Å². The highest BCUT2D eigenvalue weighted by molar-refractivity contribution is 5.83. The predicted octanol–water partition coefficient (Wildman–Crippen LogP) is -0.0860. The number of aromatic nitrogens is 2. The summed E-state index contributed by atoms with van der Waals surface area (Å²) >= 11 is 0. The molecule has 2 rings (SSSR count). The number of carbonyl (C=O) groups excluding carboxylic acids is 2. The largest absolute Gasteiger partial charge is 0.355 e. The maximum atomic E-state index is 12.0. The normalized spacial score (nSPS) is 21.2. The lowest BCUT2D eigenvalue weighted by Gasteiger charge is -2.23. The molecule has 0 radical (unpaired) electrons. The summed E-state index contributed by atoms with van der Waals surface area (Å²) in [4.78, 5) is 23.0. The topological polar surface area (TPSA) is 76.0 Å². The molecule has 0 aromatic carbocycles. The van der Waals surface area contributed by atoms with Crippen molar-refractivity contribution in [1.82, 2.24) is 20.4 Å². The Labute approximate surface area is 106 Å². The zero-order valence-corrected chi connectivity index (χ0v) is 10.4. The molecule has 6 heteroatoms. The first kappa shape index (κ1) is 12.6.